The normalized spacial score (nSPS) is 11.2. The first kappa shape index (κ1) is 13.1. The van der Waals surface area contributed by atoms with E-state index in [1.807, 2.05) is 61.8 Å². The molecular formula is C17H13ClN4. The van der Waals surface area contributed by atoms with Crippen molar-refractivity contribution in [1.82, 2.24) is 14.4 Å². The molecule has 2 aromatic carbocycles. The molecule has 0 aliphatic heterocycles. The van der Waals surface area contributed by atoms with Gasteiger partial charge >= 0.3 is 0 Å². The van der Waals surface area contributed by atoms with E-state index in [0.29, 0.717) is 5.02 Å². The van der Waals surface area contributed by atoms with Gasteiger partial charge in [0.05, 0.1) is 16.7 Å². The third-order valence-electron chi connectivity index (χ3n) is 3.65. The van der Waals surface area contributed by atoms with Gasteiger partial charge in [0.2, 0.25) is 0 Å². The second kappa shape index (κ2) is 5.00. The fraction of sp³-hybridized carbons (Fsp3) is 0.0588. The molecule has 22 heavy (non-hydrogen) atoms. The second-order valence-corrected chi connectivity index (χ2v) is 5.47. The van der Waals surface area contributed by atoms with Crippen LogP contribution in [0.1, 0.15) is 0 Å². The van der Waals surface area contributed by atoms with Crippen LogP contribution in [0.2, 0.25) is 5.02 Å². The maximum Gasteiger partial charge on any atom is 0.181 e. The molecule has 0 saturated heterocycles. The van der Waals surface area contributed by atoms with Crippen molar-refractivity contribution >= 4 is 34.1 Å². The van der Waals surface area contributed by atoms with E-state index in [-0.39, 0.29) is 0 Å². The van der Waals surface area contributed by atoms with Crippen LogP contribution in [0.3, 0.4) is 0 Å². The van der Waals surface area contributed by atoms with E-state index < -0.39 is 0 Å². The molecule has 2 heterocycles. The van der Waals surface area contributed by atoms with Gasteiger partial charge in [-0.25, -0.2) is 9.97 Å². The average Bonchev–Trinajstić information content (AvgIpc) is 2.99. The molecule has 0 amide bonds. The highest BCUT2D eigenvalue weighted by Crippen LogP contribution is 2.27. The number of benzene rings is 2. The molecular weight excluding hydrogens is 296 g/mol. The van der Waals surface area contributed by atoms with Gasteiger partial charge in [-0.15, -0.1) is 0 Å². The van der Waals surface area contributed by atoms with E-state index in [1.54, 1.807) is 0 Å². The highest BCUT2D eigenvalue weighted by atomic mass is 35.5. The molecule has 4 rings (SSSR count). The molecule has 0 atom stereocenters. The minimum Gasteiger partial charge on any atom is -0.370 e. The van der Waals surface area contributed by atoms with Gasteiger partial charge in [-0.3, -0.25) is 4.40 Å². The zero-order valence-electron chi connectivity index (χ0n) is 11.9. The van der Waals surface area contributed by atoms with Gasteiger partial charge in [-0.1, -0.05) is 35.9 Å². The third-order valence-corrected chi connectivity index (χ3v) is 3.88. The molecule has 108 valence electrons. The second-order valence-electron chi connectivity index (χ2n) is 5.03. The summed E-state index contributed by atoms with van der Waals surface area (Å²) in [5.41, 5.74) is 4.61. The standard InChI is InChI=1S/C17H13ClN4/c1-19-16-17-21-14(11-5-4-6-12(18)9-11)10-22(17)15-8-3-2-7-13(15)20-16/h2-10H,1H3,(H,19,20). The van der Waals surface area contributed by atoms with Crippen LogP contribution in [0, 0.1) is 0 Å². The smallest absolute Gasteiger partial charge is 0.181 e. The number of para-hydroxylation sites is 2. The summed E-state index contributed by atoms with van der Waals surface area (Å²) < 4.78 is 2.06. The number of anilines is 1. The Morgan fingerprint density at radius 2 is 1.91 bits per heavy atom. The van der Waals surface area contributed by atoms with E-state index in [4.69, 9.17) is 16.6 Å². The first-order chi connectivity index (χ1) is 10.8. The summed E-state index contributed by atoms with van der Waals surface area (Å²) >= 11 is 6.09. The number of rotatable bonds is 2. The topological polar surface area (TPSA) is 42.2 Å². The quantitative estimate of drug-likeness (QED) is 0.602. The Morgan fingerprint density at radius 3 is 2.73 bits per heavy atom. The predicted octanol–water partition coefficient (Wildman–Crippen LogP) is 4.24. The number of nitrogens with zero attached hydrogens (tertiary/aromatic N) is 3. The Labute approximate surface area is 132 Å². The number of imidazole rings is 1. The Bertz CT molecular complexity index is 990. The van der Waals surface area contributed by atoms with E-state index in [2.05, 4.69) is 14.7 Å². The molecule has 2 aromatic heterocycles. The molecule has 0 radical (unpaired) electrons. The van der Waals surface area contributed by atoms with Gasteiger partial charge in [0.15, 0.2) is 11.5 Å². The first-order valence-electron chi connectivity index (χ1n) is 6.98. The lowest BCUT2D eigenvalue weighted by atomic mass is 10.2. The highest BCUT2D eigenvalue weighted by molar-refractivity contribution is 6.30. The first-order valence-corrected chi connectivity index (χ1v) is 7.35. The maximum absolute atomic E-state index is 6.09. The van der Waals surface area contributed by atoms with Crippen LogP contribution >= 0.6 is 11.6 Å². The molecule has 5 heteroatoms. The molecule has 1 N–H and O–H groups in total. The summed E-state index contributed by atoms with van der Waals surface area (Å²) in [7, 11) is 1.85. The third kappa shape index (κ3) is 2.00. The van der Waals surface area contributed by atoms with Gasteiger partial charge in [-0.2, -0.15) is 0 Å². The Morgan fingerprint density at radius 1 is 1.05 bits per heavy atom. The SMILES string of the molecule is CNc1nc2ccccc2n2cc(-c3cccc(Cl)c3)nc12. The van der Waals surface area contributed by atoms with Crippen molar-refractivity contribution in [3.8, 4) is 11.3 Å². The van der Waals surface area contributed by atoms with Crippen molar-refractivity contribution in [2.75, 3.05) is 12.4 Å². The Kier molecular flexibility index (Phi) is 2.98. The average molecular weight is 309 g/mol. The van der Waals surface area contributed by atoms with Crippen LogP contribution in [-0.2, 0) is 0 Å². The molecule has 0 spiro atoms. The summed E-state index contributed by atoms with van der Waals surface area (Å²) in [4.78, 5) is 9.35. The number of nitrogens with one attached hydrogen (secondary N) is 1. The molecule has 0 unspecified atom stereocenters. The van der Waals surface area contributed by atoms with Crippen molar-refractivity contribution in [3.63, 3.8) is 0 Å². The summed E-state index contributed by atoms with van der Waals surface area (Å²) in [5, 5.41) is 3.82. The molecule has 0 bridgehead atoms. The van der Waals surface area contributed by atoms with Gasteiger partial charge in [0, 0.05) is 23.8 Å². The Balaban J connectivity index is 2.06. The number of hydrogen-bond acceptors (Lipinski definition) is 3. The zero-order valence-corrected chi connectivity index (χ0v) is 12.7. The Hall–Kier alpha value is -2.59. The van der Waals surface area contributed by atoms with Gasteiger partial charge in [0.1, 0.15) is 0 Å². The van der Waals surface area contributed by atoms with Crippen LogP contribution in [0.4, 0.5) is 5.82 Å². The monoisotopic (exact) mass is 308 g/mol. The highest BCUT2D eigenvalue weighted by Gasteiger charge is 2.12. The largest absolute Gasteiger partial charge is 0.370 e. The van der Waals surface area contributed by atoms with E-state index >= 15 is 0 Å². The van der Waals surface area contributed by atoms with E-state index in [1.165, 1.54) is 0 Å². The van der Waals surface area contributed by atoms with Crippen molar-refractivity contribution in [1.29, 1.82) is 0 Å². The minimum absolute atomic E-state index is 0.700. The fourth-order valence-electron chi connectivity index (χ4n) is 2.62. The van der Waals surface area contributed by atoms with Crippen molar-refractivity contribution in [2.45, 2.75) is 0 Å². The summed E-state index contributed by atoms with van der Waals surface area (Å²) in [6, 6.07) is 15.7. The molecule has 4 aromatic rings. The summed E-state index contributed by atoms with van der Waals surface area (Å²) in [5.74, 6) is 0.756. The molecule has 0 fully saturated rings. The lowest BCUT2D eigenvalue weighted by molar-refractivity contribution is 1.20. The molecule has 0 aliphatic rings. The molecule has 0 aliphatic carbocycles. The van der Waals surface area contributed by atoms with Crippen molar-refractivity contribution in [3.05, 3.63) is 59.8 Å². The summed E-state index contributed by atoms with van der Waals surface area (Å²) in [6.07, 6.45) is 2.02. The predicted molar refractivity (Wildman–Crippen MR) is 90.5 cm³/mol. The van der Waals surface area contributed by atoms with Crippen LogP contribution in [0.25, 0.3) is 27.9 Å². The van der Waals surface area contributed by atoms with Gasteiger partial charge < -0.3 is 5.32 Å². The fourth-order valence-corrected chi connectivity index (χ4v) is 2.81. The van der Waals surface area contributed by atoms with Crippen molar-refractivity contribution < 1.29 is 0 Å². The minimum atomic E-state index is 0.700. The lowest BCUT2D eigenvalue weighted by Gasteiger charge is -2.05. The summed E-state index contributed by atoms with van der Waals surface area (Å²) in [6.45, 7) is 0. The van der Waals surface area contributed by atoms with Crippen LogP contribution in [-0.4, -0.2) is 21.4 Å². The number of hydrogen-bond donors (Lipinski definition) is 1. The van der Waals surface area contributed by atoms with Crippen LogP contribution < -0.4 is 5.32 Å². The number of halogens is 1. The maximum atomic E-state index is 6.09. The van der Waals surface area contributed by atoms with Gasteiger partial charge in [0.25, 0.3) is 0 Å². The lowest BCUT2D eigenvalue weighted by Crippen LogP contribution is -1.98. The number of fused-ring (bicyclic) bond motifs is 3. The number of aromatic nitrogens is 3. The van der Waals surface area contributed by atoms with Gasteiger partial charge in [-0.05, 0) is 24.3 Å². The van der Waals surface area contributed by atoms with E-state index in [0.717, 1.165) is 33.8 Å². The molecule has 4 nitrogen and oxygen atoms in total. The van der Waals surface area contributed by atoms with Crippen LogP contribution in [0.5, 0.6) is 0 Å². The van der Waals surface area contributed by atoms with E-state index in [9.17, 15) is 0 Å². The van der Waals surface area contributed by atoms with Crippen molar-refractivity contribution in [2.24, 2.45) is 0 Å². The zero-order chi connectivity index (χ0) is 15.1. The molecule has 0 saturated carbocycles. The van der Waals surface area contributed by atoms with Crippen LogP contribution in [0.15, 0.2) is 54.7 Å².